The molecule has 14 heavy (non-hydrogen) atoms. The minimum absolute atomic E-state index is 0.297. The topological polar surface area (TPSA) is 60.7 Å². The van der Waals surface area contributed by atoms with Gasteiger partial charge in [-0.15, -0.1) is 0 Å². The van der Waals surface area contributed by atoms with Crippen LogP contribution in [0.15, 0.2) is 0 Å². The summed E-state index contributed by atoms with van der Waals surface area (Å²) in [4.78, 5) is 4.54. The fourth-order valence-electron chi connectivity index (χ4n) is 1.38. The smallest absolute Gasteiger partial charge is 0.185 e. The predicted octanol–water partition coefficient (Wildman–Crippen LogP) is 1.44. The maximum atomic E-state index is 8.69. The summed E-state index contributed by atoms with van der Waals surface area (Å²) in [5.74, 6) is 0. The Bertz CT molecular complexity index is 364. The first kappa shape index (κ1) is 9.71. The number of hydrogen-bond acceptors (Lipinski definition) is 5. The molecule has 0 aliphatic carbocycles. The normalized spacial score (nSPS) is 20.7. The minimum Gasteiger partial charge on any atom is -0.357 e. The van der Waals surface area contributed by atoms with Gasteiger partial charge in [-0.2, -0.15) is 5.26 Å². The number of hydrogen-bond donors (Lipinski definition) is 2. The van der Waals surface area contributed by atoms with E-state index in [0.29, 0.717) is 16.1 Å². The summed E-state index contributed by atoms with van der Waals surface area (Å²) in [6, 6.07) is 2.42. The van der Waals surface area contributed by atoms with Crippen molar-refractivity contribution in [3.63, 3.8) is 0 Å². The van der Waals surface area contributed by atoms with Crippen LogP contribution in [0.2, 0.25) is 5.15 Å². The average Bonchev–Trinajstić information content (AvgIpc) is 2.76. The first-order valence-corrected chi connectivity index (χ1v) is 5.52. The van der Waals surface area contributed by atoms with Gasteiger partial charge in [-0.1, -0.05) is 22.9 Å². The molecule has 1 saturated heterocycles. The summed E-state index contributed by atoms with van der Waals surface area (Å²) in [7, 11) is 0. The van der Waals surface area contributed by atoms with E-state index >= 15 is 0 Å². The Labute approximate surface area is 90.9 Å². The second-order valence-electron chi connectivity index (χ2n) is 3.08. The zero-order valence-corrected chi connectivity index (χ0v) is 8.95. The molecule has 0 amide bonds. The molecule has 2 rings (SSSR count). The summed E-state index contributed by atoms with van der Waals surface area (Å²) in [6.07, 6.45) is 1.08. The van der Waals surface area contributed by atoms with Crippen LogP contribution in [0.25, 0.3) is 0 Å². The van der Waals surface area contributed by atoms with E-state index < -0.39 is 0 Å². The van der Waals surface area contributed by atoms with Gasteiger partial charge in [0.1, 0.15) is 10.9 Å². The standard InChI is InChI=1S/C8H9ClN4S/c9-7-6(3-10)14-8(13-7)12-5-1-2-11-4-5/h5,11H,1-2,4H2,(H,12,13). The number of nitriles is 1. The molecule has 0 radical (unpaired) electrons. The van der Waals surface area contributed by atoms with Crippen LogP contribution in [-0.2, 0) is 0 Å². The van der Waals surface area contributed by atoms with Crippen LogP contribution in [0.3, 0.4) is 0 Å². The van der Waals surface area contributed by atoms with Crippen LogP contribution in [-0.4, -0.2) is 24.1 Å². The van der Waals surface area contributed by atoms with E-state index in [9.17, 15) is 0 Å². The fraction of sp³-hybridized carbons (Fsp3) is 0.500. The zero-order chi connectivity index (χ0) is 9.97. The highest BCUT2D eigenvalue weighted by Crippen LogP contribution is 2.26. The molecule has 1 aliphatic rings. The van der Waals surface area contributed by atoms with Gasteiger partial charge in [-0.25, -0.2) is 4.98 Å². The number of anilines is 1. The molecule has 1 fully saturated rings. The van der Waals surface area contributed by atoms with Gasteiger partial charge in [0.05, 0.1) is 0 Å². The molecule has 2 heterocycles. The van der Waals surface area contributed by atoms with Crippen LogP contribution in [0, 0.1) is 11.3 Å². The monoisotopic (exact) mass is 228 g/mol. The summed E-state index contributed by atoms with van der Waals surface area (Å²) >= 11 is 7.06. The molecule has 1 unspecified atom stereocenters. The molecular formula is C8H9ClN4S. The summed E-state index contributed by atoms with van der Waals surface area (Å²) < 4.78 is 0. The van der Waals surface area contributed by atoms with Crippen molar-refractivity contribution in [2.45, 2.75) is 12.5 Å². The highest BCUT2D eigenvalue weighted by Gasteiger charge is 2.16. The van der Waals surface area contributed by atoms with E-state index in [1.165, 1.54) is 11.3 Å². The Morgan fingerprint density at radius 1 is 1.71 bits per heavy atom. The first-order chi connectivity index (χ1) is 6.79. The van der Waals surface area contributed by atoms with Crippen molar-refractivity contribution in [2.24, 2.45) is 0 Å². The Kier molecular flexibility index (Phi) is 2.87. The van der Waals surface area contributed by atoms with Crippen molar-refractivity contribution < 1.29 is 0 Å². The van der Waals surface area contributed by atoms with Crippen LogP contribution >= 0.6 is 22.9 Å². The van der Waals surface area contributed by atoms with Crippen LogP contribution in [0.1, 0.15) is 11.3 Å². The fourth-order valence-corrected chi connectivity index (χ4v) is 2.41. The van der Waals surface area contributed by atoms with Crippen LogP contribution < -0.4 is 10.6 Å². The lowest BCUT2D eigenvalue weighted by Gasteiger charge is -2.08. The second-order valence-corrected chi connectivity index (χ2v) is 4.44. The molecule has 1 aromatic rings. The molecule has 0 bridgehead atoms. The molecule has 0 aromatic carbocycles. The molecule has 6 heteroatoms. The third-order valence-corrected chi connectivity index (χ3v) is 3.35. The molecule has 4 nitrogen and oxygen atoms in total. The Balaban J connectivity index is 2.06. The number of rotatable bonds is 2. The summed E-state index contributed by atoms with van der Waals surface area (Å²) in [5, 5.41) is 16.2. The molecule has 1 aromatic heterocycles. The zero-order valence-electron chi connectivity index (χ0n) is 7.38. The Morgan fingerprint density at radius 3 is 3.14 bits per heavy atom. The Hall–Kier alpha value is -0.830. The quantitative estimate of drug-likeness (QED) is 0.804. The molecule has 2 N–H and O–H groups in total. The summed E-state index contributed by atoms with van der Waals surface area (Å²) in [5.41, 5.74) is 0. The van der Waals surface area contributed by atoms with E-state index in [1.807, 2.05) is 6.07 Å². The maximum absolute atomic E-state index is 8.69. The van der Waals surface area contributed by atoms with Crippen molar-refractivity contribution in [2.75, 3.05) is 18.4 Å². The van der Waals surface area contributed by atoms with Gasteiger partial charge in [0.2, 0.25) is 0 Å². The number of nitrogens with zero attached hydrogens (tertiary/aromatic N) is 2. The van der Waals surface area contributed by atoms with Crippen molar-refractivity contribution >= 4 is 28.1 Å². The van der Waals surface area contributed by atoms with Gasteiger partial charge in [0.15, 0.2) is 10.3 Å². The van der Waals surface area contributed by atoms with E-state index in [1.54, 1.807) is 0 Å². The average molecular weight is 229 g/mol. The third kappa shape index (κ3) is 1.98. The van der Waals surface area contributed by atoms with Gasteiger partial charge < -0.3 is 10.6 Å². The molecule has 1 atom stereocenters. The number of halogens is 1. The largest absolute Gasteiger partial charge is 0.357 e. The lowest BCUT2D eigenvalue weighted by molar-refractivity contribution is 0.792. The number of aromatic nitrogens is 1. The number of thiazole rings is 1. The molecule has 1 aliphatic heterocycles. The molecule has 0 spiro atoms. The molecule has 0 saturated carbocycles. The lowest BCUT2D eigenvalue weighted by Crippen LogP contribution is -2.21. The molecular weight excluding hydrogens is 220 g/mol. The maximum Gasteiger partial charge on any atom is 0.185 e. The van der Waals surface area contributed by atoms with Gasteiger partial charge in [0, 0.05) is 12.6 Å². The second kappa shape index (κ2) is 4.13. The third-order valence-electron chi connectivity index (χ3n) is 2.08. The van der Waals surface area contributed by atoms with Gasteiger partial charge in [0.25, 0.3) is 0 Å². The van der Waals surface area contributed by atoms with Crippen LogP contribution in [0.4, 0.5) is 5.13 Å². The van der Waals surface area contributed by atoms with Gasteiger partial charge in [-0.05, 0) is 13.0 Å². The highest BCUT2D eigenvalue weighted by atomic mass is 35.5. The molecule has 74 valence electrons. The Morgan fingerprint density at radius 2 is 2.57 bits per heavy atom. The van der Waals surface area contributed by atoms with Crippen molar-refractivity contribution in [1.82, 2.24) is 10.3 Å². The van der Waals surface area contributed by atoms with E-state index in [4.69, 9.17) is 16.9 Å². The predicted molar refractivity (Wildman–Crippen MR) is 56.7 cm³/mol. The first-order valence-electron chi connectivity index (χ1n) is 4.33. The van der Waals surface area contributed by atoms with Gasteiger partial charge in [-0.3, -0.25) is 0 Å². The minimum atomic E-state index is 0.297. The number of nitrogens with one attached hydrogen (secondary N) is 2. The van der Waals surface area contributed by atoms with E-state index in [2.05, 4.69) is 15.6 Å². The van der Waals surface area contributed by atoms with Crippen molar-refractivity contribution in [3.05, 3.63) is 10.0 Å². The highest BCUT2D eigenvalue weighted by molar-refractivity contribution is 7.16. The van der Waals surface area contributed by atoms with E-state index in [0.717, 1.165) is 24.6 Å². The summed E-state index contributed by atoms with van der Waals surface area (Å²) in [6.45, 7) is 1.97. The van der Waals surface area contributed by atoms with Crippen molar-refractivity contribution in [1.29, 1.82) is 5.26 Å². The SMILES string of the molecule is N#Cc1sc(NC2CCNC2)nc1Cl. The van der Waals surface area contributed by atoms with E-state index in [-0.39, 0.29) is 0 Å². The van der Waals surface area contributed by atoms with Crippen molar-refractivity contribution in [3.8, 4) is 6.07 Å². The lowest BCUT2D eigenvalue weighted by atomic mass is 10.3. The van der Waals surface area contributed by atoms with Crippen LogP contribution in [0.5, 0.6) is 0 Å². The van der Waals surface area contributed by atoms with Gasteiger partial charge >= 0.3 is 0 Å².